The Balaban J connectivity index is 0.000000436. The molecule has 0 heterocycles. The molecule has 0 aromatic heterocycles. The molecule has 0 aliphatic heterocycles. The molecule has 6 heteroatoms. The Morgan fingerprint density at radius 3 is 0.769 bits per heavy atom. The van der Waals surface area contributed by atoms with Crippen molar-refractivity contribution in [3.05, 3.63) is 247 Å². The van der Waals surface area contributed by atoms with Crippen molar-refractivity contribution in [2.24, 2.45) is 0 Å². The van der Waals surface area contributed by atoms with Crippen LogP contribution in [0.2, 0.25) is 0 Å². The second kappa shape index (κ2) is 23.6. The number of hydrogen-bond acceptors (Lipinski definition) is 2. The first-order chi connectivity index (χ1) is 24.7. The van der Waals surface area contributed by atoms with Crippen LogP contribution in [-0.4, -0.2) is 22.4 Å². The van der Waals surface area contributed by atoms with Gasteiger partial charge in [0.15, 0.2) is 0 Å². The number of aliphatic hydroxyl groups is 2. The average Bonchev–Trinajstić information content (AvgIpc) is 4.04. The predicted octanol–water partition coefficient (Wildman–Crippen LogP) is 7.48. The second-order valence-corrected chi connectivity index (χ2v) is 15.9. The molecule has 258 valence electrons. The van der Waals surface area contributed by atoms with Gasteiger partial charge in [0.1, 0.15) is 0 Å². The molecule has 4 aliphatic rings. The largest absolute Gasteiger partial charge is 2.00 e. The van der Waals surface area contributed by atoms with E-state index >= 15 is 0 Å². The Morgan fingerprint density at radius 1 is 0.308 bits per heavy atom. The van der Waals surface area contributed by atoms with Gasteiger partial charge in [-0.05, 0) is 140 Å². The van der Waals surface area contributed by atoms with E-state index in [9.17, 15) is 10.2 Å². The fourth-order valence-electron chi connectivity index (χ4n) is 5.90. The third-order valence-corrected chi connectivity index (χ3v) is 13.3. The topological polar surface area (TPSA) is 40.5 Å². The Kier molecular flexibility index (Phi) is 19.7. The zero-order chi connectivity index (χ0) is 34.4. The Labute approximate surface area is 338 Å². The average molecular weight is 798 g/mol. The van der Waals surface area contributed by atoms with E-state index in [1.807, 2.05) is 114 Å². The third kappa shape index (κ3) is 11.8. The van der Waals surface area contributed by atoms with Crippen molar-refractivity contribution in [1.82, 2.24) is 0 Å². The SMILES string of the molecule is O[C@H]([C]1[CH][CH][CH][C]1P(c1ccccc1)c1ccccc1)[C@@H](O)[C]1[CH][CH][CH][C]1P(c1ccccc1)c1ccccc1.[CH]1[CH][CH][CH][CH]1.[CH]1[CH][CH][CH][CH]1.[Fe+2].[Fe+2]. The second-order valence-electron chi connectivity index (χ2n) is 11.6. The van der Waals surface area contributed by atoms with Gasteiger partial charge < -0.3 is 10.2 Å². The monoisotopic (exact) mass is 798 g/mol. The standard InChI is InChI=1S/C36H30O2P2.2C5H5.2Fe/c37-35(31-23-13-25-33(31)39(27-15-5-1-6-16-27)28-17-7-2-8-18-28)36(38)32-24-14-26-34(32)40(29-19-9-3-10-20-29)30-21-11-4-12-22-30;2*1-2-4-5-3-1;;/h1-26,35-38H;2*1-5H;;/q;;;2*+2/t35-,36+;;;;. The fraction of sp³-hybridized carbons (Fsp3) is 0.0435. The molecule has 4 aromatic carbocycles. The minimum absolute atomic E-state index is 0. The van der Waals surface area contributed by atoms with E-state index in [-0.39, 0.29) is 34.1 Å². The molecule has 0 amide bonds. The van der Waals surface area contributed by atoms with Crippen LogP contribution in [0.4, 0.5) is 0 Å². The van der Waals surface area contributed by atoms with E-state index in [2.05, 4.69) is 110 Å². The van der Waals surface area contributed by atoms with Crippen molar-refractivity contribution < 1.29 is 44.4 Å². The van der Waals surface area contributed by atoms with Crippen LogP contribution >= 0.6 is 15.8 Å². The number of benzene rings is 4. The van der Waals surface area contributed by atoms with Crippen molar-refractivity contribution in [3.8, 4) is 0 Å². The van der Waals surface area contributed by atoms with Gasteiger partial charge in [0.05, 0.1) is 12.2 Å². The van der Waals surface area contributed by atoms with Gasteiger partial charge in [0.25, 0.3) is 0 Å². The molecule has 4 fully saturated rings. The van der Waals surface area contributed by atoms with Gasteiger partial charge in [-0.2, -0.15) is 0 Å². The van der Waals surface area contributed by atoms with Crippen molar-refractivity contribution in [1.29, 1.82) is 0 Å². The summed E-state index contributed by atoms with van der Waals surface area (Å²) < 4.78 is 0. The van der Waals surface area contributed by atoms with Crippen molar-refractivity contribution in [2.75, 3.05) is 0 Å². The molecule has 4 aromatic rings. The number of rotatable bonds is 9. The molecule has 2 nitrogen and oxygen atoms in total. The normalized spacial score (nSPS) is 19.2. The molecule has 0 unspecified atom stereocenters. The minimum atomic E-state index is -1.06. The van der Waals surface area contributed by atoms with E-state index in [0.29, 0.717) is 0 Å². The van der Waals surface area contributed by atoms with Crippen molar-refractivity contribution >= 4 is 37.1 Å². The van der Waals surface area contributed by atoms with Crippen LogP contribution in [-0.2, 0) is 34.1 Å². The summed E-state index contributed by atoms with van der Waals surface area (Å²) in [6, 6.07) is 41.8. The summed E-state index contributed by atoms with van der Waals surface area (Å²) in [6.45, 7) is 0. The van der Waals surface area contributed by atoms with Crippen molar-refractivity contribution in [3.63, 3.8) is 0 Å². The quantitative estimate of drug-likeness (QED) is 0.136. The van der Waals surface area contributed by atoms with Gasteiger partial charge in [-0.25, -0.2) is 0 Å². The maximum Gasteiger partial charge on any atom is 2.00 e. The summed E-state index contributed by atoms with van der Waals surface area (Å²) in [5.41, 5.74) is 2.14. The fourth-order valence-corrected chi connectivity index (χ4v) is 10.9. The van der Waals surface area contributed by atoms with Gasteiger partial charge in [-0.15, -0.1) is 0 Å². The molecule has 8 rings (SSSR count). The molecule has 0 spiro atoms. The van der Waals surface area contributed by atoms with Crippen LogP contribution in [0.3, 0.4) is 0 Å². The minimum Gasteiger partial charge on any atom is -0.390 e. The molecule has 2 N–H and O–H groups in total. The van der Waals surface area contributed by atoms with Crippen molar-refractivity contribution in [2.45, 2.75) is 12.2 Å². The summed E-state index contributed by atoms with van der Waals surface area (Å²) in [4.78, 5) is 0. The predicted molar refractivity (Wildman–Crippen MR) is 212 cm³/mol. The Bertz CT molecular complexity index is 1280. The maximum atomic E-state index is 11.8. The first kappa shape index (κ1) is 43.4. The van der Waals surface area contributed by atoms with Crippen LogP contribution in [0.5, 0.6) is 0 Å². The summed E-state index contributed by atoms with van der Waals surface area (Å²) in [6.07, 6.45) is 30.0. The van der Waals surface area contributed by atoms with E-state index in [1.165, 1.54) is 21.2 Å². The van der Waals surface area contributed by atoms with E-state index in [0.717, 1.165) is 23.2 Å². The van der Waals surface area contributed by atoms with Gasteiger partial charge in [0.2, 0.25) is 0 Å². The van der Waals surface area contributed by atoms with Crippen LogP contribution in [0.25, 0.3) is 0 Å². The Hall–Kier alpha value is -1.30. The molecule has 0 bridgehead atoms. The smallest absolute Gasteiger partial charge is 0.390 e. The van der Waals surface area contributed by atoms with E-state index in [4.69, 9.17) is 0 Å². The molecule has 52 heavy (non-hydrogen) atoms. The molecule has 20 radical (unpaired) electrons. The zero-order valence-electron chi connectivity index (χ0n) is 28.4. The molecular formula is C46H40Fe2O2P2+4. The zero-order valence-corrected chi connectivity index (χ0v) is 32.4. The molecule has 4 saturated carbocycles. The van der Waals surface area contributed by atoms with Crippen LogP contribution in [0, 0.1) is 126 Å². The van der Waals surface area contributed by atoms with Gasteiger partial charge in [-0.1, -0.05) is 121 Å². The van der Waals surface area contributed by atoms with E-state index < -0.39 is 28.1 Å². The van der Waals surface area contributed by atoms with Gasteiger partial charge in [-0.3, -0.25) is 0 Å². The summed E-state index contributed by atoms with van der Waals surface area (Å²) in [5.74, 6) is 1.56. The molecule has 0 saturated heterocycles. The molecular weight excluding hydrogens is 758 g/mol. The summed E-state index contributed by atoms with van der Waals surface area (Å²) >= 11 is 0. The summed E-state index contributed by atoms with van der Waals surface area (Å²) in [7, 11) is -1.81. The van der Waals surface area contributed by atoms with Crippen LogP contribution in [0.1, 0.15) is 0 Å². The maximum absolute atomic E-state index is 11.8. The van der Waals surface area contributed by atoms with Crippen LogP contribution in [0.15, 0.2) is 121 Å². The third-order valence-electron chi connectivity index (χ3n) is 8.24. The first-order valence-corrected chi connectivity index (χ1v) is 19.4. The van der Waals surface area contributed by atoms with Gasteiger partial charge in [0, 0.05) is 23.2 Å². The molecule has 2 atom stereocenters. The molecule has 4 aliphatic carbocycles. The van der Waals surface area contributed by atoms with E-state index in [1.54, 1.807) is 0 Å². The first-order valence-electron chi connectivity index (χ1n) is 16.7. The van der Waals surface area contributed by atoms with Crippen LogP contribution < -0.4 is 21.2 Å². The number of hydrogen-bond donors (Lipinski definition) is 2. The number of aliphatic hydroxyl groups excluding tert-OH is 2. The van der Waals surface area contributed by atoms with Gasteiger partial charge >= 0.3 is 34.1 Å². The Morgan fingerprint density at radius 2 is 0.538 bits per heavy atom. The summed E-state index contributed by atoms with van der Waals surface area (Å²) in [5, 5.41) is 28.4.